The zero-order valence-corrected chi connectivity index (χ0v) is 12.7. The normalized spacial score (nSPS) is 10.7. The van der Waals surface area contributed by atoms with Crippen LogP contribution in [0.15, 0.2) is 30.3 Å². The summed E-state index contributed by atoms with van der Waals surface area (Å²) in [5.74, 6) is 0.934. The fraction of sp³-hybridized carbons (Fsp3) is 0.312. The van der Waals surface area contributed by atoms with E-state index in [2.05, 4.69) is 23.8 Å². The van der Waals surface area contributed by atoms with Crippen molar-refractivity contribution in [1.29, 1.82) is 0 Å². The zero-order chi connectivity index (χ0) is 15.6. The summed E-state index contributed by atoms with van der Waals surface area (Å²) in [6, 6.07) is 8.64. The maximum atomic E-state index is 10.9. The minimum atomic E-state index is -0.927. The van der Waals surface area contributed by atoms with Crippen LogP contribution in [0, 0.1) is 6.92 Å². The van der Waals surface area contributed by atoms with Gasteiger partial charge in [-0.25, -0.2) is 14.8 Å². The molecule has 0 radical (unpaired) electrons. The van der Waals surface area contributed by atoms with Gasteiger partial charge in [0, 0.05) is 30.4 Å². The molecule has 0 spiro atoms. The summed E-state index contributed by atoms with van der Waals surface area (Å²) in [6.45, 7) is 6.05. The van der Waals surface area contributed by atoms with Crippen molar-refractivity contribution in [1.82, 2.24) is 9.97 Å². The summed E-state index contributed by atoms with van der Waals surface area (Å²) >= 11 is 0. The van der Waals surface area contributed by atoms with E-state index in [1.165, 1.54) is 0 Å². The first kappa shape index (κ1) is 15.0. The highest BCUT2D eigenvalue weighted by Gasteiger charge is 2.11. The van der Waals surface area contributed by atoms with Crippen molar-refractivity contribution < 1.29 is 9.90 Å². The van der Waals surface area contributed by atoms with Gasteiger partial charge in [-0.2, -0.15) is 0 Å². The number of benzene rings is 1. The maximum absolute atomic E-state index is 10.9. The summed E-state index contributed by atoms with van der Waals surface area (Å²) in [5, 5.41) is 8.93. The van der Waals surface area contributed by atoms with Crippen LogP contribution in [0.2, 0.25) is 0 Å². The molecule has 0 bridgehead atoms. The van der Waals surface area contributed by atoms with Crippen molar-refractivity contribution in [2.24, 2.45) is 0 Å². The lowest BCUT2D eigenvalue weighted by molar-refractivity contribution is 0.0697. The molecule has 0 aliphatic heterocycles. The molecule has 1 N–H and O–H groups in total. The van der Waals surface area contributed by atoms with Crippen molar-refractivity contribution in [2.75, 3.05) is 11.9 Å². The van der Waals surface area contributed by atoms with Crippen LogP contribution in [0.3, 0.4) is 0 Å². The molecule has 5 nitrogen and oxygen atoms in total. The average molecular weight is 285 g/mol. The molecule has 1 heterocycles. The average Bonchev–Trinajstić information content (AvgIpc) is 2.45. The summed E-state index contributed by atoms with van der Waals surface area (Å²) in [6.07, 6.45) is 0. The quantitative estimate of drug-likeness (QED) is 0.932. The molecule has 0 saturated heterocycles. The van der Waals surface area contributed by atoms with Gasteiger partial charge in [-0.05, 0) is 31.2 Å². The van der Waals surface area contributed by atoms with Crippen LogP contribution < -0.4 is 4.90 Å². The lowest BCUT2D eigenvalue weighted by atomic mass is 10.2. The van der Waals surface area contributed by atoms with Crippen molar-refractivity contribution in [3.05, 3.63) is 47.4 Å². The Hall–Kier alpha value is -2.43. The summed E-state index contributed by atoms with van der Waals surface area (Å²) < 4.78 is 0. The Morgan fingerprint density at radius 2 is 1.81 bits per heavy atom. The van der Waals surface area contributed by atoms with Gasteiger partial charge in [0.25, 0.3) is 0 Å². The number of nitrogens with zero attached hydrogens (tertiary/aromatic N) is 3. The number of hydrogen-bond acceptors (Lipinski definition) is 4. The Kier molecular flexibility index (Phi) is 4.21. The second-order valence-electron chi connectivity index (χ2n) is 5.29. The molecule has 0 amide bonds. The third-order valence-electron chi connectivity index (χ3n) is 3.22. The first-order chi connectivity index (χ1) is 9.88. The van der Waals surface area contributed by atoms with Gasteiger partial charge in [0.05, 0.1) is 5.56 Å². The fourth-order valence-electron chi connectivity index (χ4n) is 1.96. The molecule has 5 heteroatoms. The van der Waals surface area contributed by atoms with Crippen molar-refractivity contribution in [3.63, 3.8) is 0 Å². The molecule has 1 aromatic heterocycles. The summed E-state index contributed by atoms with van der Waals surface area (Å²) in [4.78, 5) is 21.8. The number of carboxylic acids is 1. The number of carboxylic acid groups (broad SMARTS) is 1. The van der Waals surface area contributed by atoms with E-state index in [0.29, 0.717) is 0 Å². The lowest BCUT2D eigenvalue weighted by Gasteiger charge is -2.20. The van der Waals surface area contributed by atoms with Crippen molar-refractivity contribution in [2.45, 2.75) is 26.7 Å². The van der Waals surface area contributed by atoms with E-state index in [0.717, 1.165) is 23.0 Å². The third-order valence-corrected chi connectivity index (χ3v) is 3.22. The van der Waals surface area contributed by atoms with Gasteiger partial charge in [-0.15, -0.1) is 0 Å². The van der Waals surface area contributed by atoms with E-state index in [1.807, 2.05) is 24.9 Å². The predicted molar refractivity (Wildman–Crippen MR) is 82.3 cm³/mol. The minimum absolute atomic E-state index is 0.256. The molecular weight excluding hydrogens is 266 g/mol. The molecule has 21 heavy (non-hydrogen) atoms. The van der Waals surface area contributed by atoms with E-state index in [4.69, 9.17) is 5.11 Å². The molecule has 2 rings (SSSR count). The van der Waals surface area contributed by atoms with E-state index < -0.39 is 5.97 Å². The Labute approximate surface area is 124 Å². The van der Waals surface area contributed by atoms with Crippen LogP contribution in [0.4, 0.5) is 11.5 Å². The van der Waals surface area contributed by atoms with E-state index in [1.54, 1.807) is 24.3 Å². The molecule has 0 aliphatic carbocycles. The predicted octanol–water partition coefficient (Wildman–Crippen LogP) is 3.37. The topological polar surface area (TPSA) is 66.3 Å². The highest BCUT2D eigenvalue weighted by Crippen LogP contribution is 2.24. The number of anilines is 2. The van der Waals surface area contributed by atoms with Crippen LogP contribution in [0.1, 0.15) is 41.6 Å². The number of aryl methyl sites for hydroxylation is 1. The van der Waals surface area contributed by atoms with E-state index in [9.17, 15) is 4.79 Å². The first-order valence-corrected chi connectivity index (χ1v) is 6.81. The largest absolute Gasteiger partial charge is 0.478 e. The van der Waals surface area contributed by atoms with Gasteiger partial charge in [0.1, 0.15) is 11.6 Å². The first-order valence-electron chi connectivity index (χ1n) is 6.81. The Bertz CT molecular complexity index is 651. The molecule has 0 aliphatic rings. The molecular formula is C16H19N3O2. The van der Waals surface area contributed by atoms with Crippen molar-refractivity contribution in [3.8, 4) is 0 Å². The third kappa shape index (κ3) is 3.37. The van der Waals surface area contributed by atoms with Gasteiger partial charge >= 0.3 is 5.97 Å². The van der Waals surface area contributed by atoms with Crippen LogP contribution in [0.25, 0.3) is 0 Å². The highest BCUT2D eigenvalue weighted by molar-refractivity contribution is 5.88. The smallest absolute Gasteiger partial charge is 0.335 e. The monoisotopic (exact) mass is 285 g/mol. The second kappa shape index (κ2) is 5.91. The van der Waals surface area contributed by atoms with E-state index >= 15 is 0 Å². The van der Waals surface area contributed by atoms with Gasteiger partial charge in [-0.3, -0.25) is 0 Å². The molecule has 0 atom stereocenters. The number of aromatic carboxylic acids is 1. The Morgan fingerprint density at radius 1 is 1.19 bits per heavy atom. The lowest BCUT2D eigenvalue weighted by Crippen LogP contribution is -2.14. The van der Waals surface area contributed by atoms with Gasteiger partial charge in [0.2, 0.25) is 0 Å². The Morgan fingerprint density at radius 3 is 2.33 bits per heavy atom. The zero-order valence-electron chi connectivity index (χ0n) is 12.7. The maximum Gasteiger partial charge on any atom is 0.335 e. The van der Waals surface area contributed by atoms with Crippen LogP contribution in [0.5, 0.6) is 0 Å². The number of hydrogen-bond donors (Lipinski definition) is 1. The highest BCUT2D eigenvalue weighted by atomic mass is 16.4. The second-order valence-corrected chi connectivity index (χ2v) is 5.29. The van der Waals surface area contributed by atoms with Gasteiger partial charge in [0.15, 0.2) is 0 Å². The number of carbonyl (C=O) groups is 1. The van der Waals surface area contributed by atoms with Crippen LogP contribution in [-0.2, 0) is 0 Å². The number of rotatable bonds is 4. The summed E-state index contributed by atoms with van der Waals surface area (Å²) in [7, 11) is 1.90. The van der Waals surface area contributed by atoms with Crippen LogP contribution in [-0.4, -0.2) is 28.1 Å². The molecule has 2 aromatic rings. The standard InChI is InChI=1S/C16H19N3O2/c1-10(2)15-17-11(3)9-14(18-15)19(4)13-7-5-12(6-8-13)16(20)21/h5-10H,1-4H3,(H,20,21). The fourth-order valence-corrected chi connectivity index (χ4v) is 1.96. The summed E-state index contributed by atoms with van der Waals surface area (Å²) in [5.41, 5.74) is 2.07. The SMILES string of the molecule is Cc1cc(N(C)c2ccc(C(=O)O)cc2)nc(C(C)C)n1. The molecule has 0 fully saturated rings. The molecule has 110 valence electrons. The minimum Gasteiger partial charge on any atom is -0.478 e. The van der Waals surface area contributed by atoms with Crippen molar-refractivity contribution >= 4 is 17.5 Å². The van der Waals surface area contributed by atoms with E-state index in [-0.39, 0.29) is 11.5 Å². The molecule has 0 unspecified atom stereocenters. The molecule has 0 saturated carbocycles. The molecule has 1 aromatic carbocycles. The van der Waals surface area contributed by atoms with Crippen LogP contribution >= 0.6 is 0 Å². The van der Waals surface area contributed by atoms with Gasteiger partial charge in [-0.1, -0.05) is 13.8 Å². The van der Waals surface area contributed by atoms with Gasteiger partial charge < -0.3 is 10.0 Å². The number of aromatic nitrogens is 2. The Balaban J connectivity index is 2.35.